The van der Waals surface area contributed by atoms with Crippen molar-refractivity contribution in [3.8, 4) is 0 Å². The summed E-state index contributed by atoms with van der Waals surface area (Å²) in [6.45, 7) is 3.69. The third-order valence-corrected chi connectivity index (χ3v) is 4.18. The van der Waals surface area contributed by atoms with Crippen LogP contribution in [0.15, 0.2) is 17.8 Å². The van der Waals surface area contributed by atoms with Gasteiger partial charge in [-0.2, -0.15) is 27.8 Å². The molecule has 0 amide bonds. The van der Waals surface area contributed by atoms with Crippen LogP contribution < -0.4 is 5.32 Å². The number of hydrogen-bond acceptors (Lipinski definition) is 6. The number of alkyl halides is 3. The standard InChI is InChI=1S/C13H13F3N6S/c1-3-8(11-21-9(5-23-11)13(14,15)16)20-10-4-7(2)19-12-17-6-18-22(10)12/h4-6,8,20H,3H2,1-2H3/t8-/m0/s1. The Balaban J connectivity index is 1.92. The van der Waals surface area contributed by atoms with Crippen LogP contribution in [-0.2, 0) is 6.18 Å². The predicted octanol–water partition coefficient (Wildman–Crippen LogP) is 3.47. The van der Waals surface area contributed by atoms with Gasteiger partial charge in [-0.05, 0) is 13.3 Å². The van der Waals surface area contributed by atoms with E-state index in [9.17, 15) is 13.2 Å². The van der Waals surface area contributed by atoms with E-state index >= 15 is 0 Å². The molecule has 122 valence electrons. The molecule has 0 aliphatic rings. The molecule has 10 heteroatoms. The van der Waals surface area contributed by atoms with Crippen LogP contribution in [0, 0.1) is 6.92 Å². The SMILES string of the molecule is CC[C@H](Nc1cc(C)nc2ncnn12)c1nc(C(F)(F)F)cs1. The van der Waals surface area contributed by atoms with E-state index in [0.29, 0.717) is 23.0 Å². The van der Waals surface area contributed by atoms with Gasteiger partial charge in [0, 0.05) is 17.1 Å². The first-order valence-corrected chi connectivity index (χ1v) is 7.73. The Morgan fingerprint density at radius 3 is 2.78 bits per heavy atom. The van der Waals surface area contributed by atoms with Gasteiger partial charge >= 0.3 is 6.18 Å². The number of aryl methyl sites for hydroxylation is 1. The fourth-order valence-corrected chi connectivity index (χ4v) is 3.09. The molecule has 23 heavy (non-hydrogen) atoms. The predicted molar refractivity (Wildman–Crippen MR) is 79.3 cm³/mol. The summed E-state index contributed by atoms with van der Waals surface area (Å²) in [6.07, 6.45) is -2.49. The van der Waals surface area contributed by atoms with Gasteiger partial charge < -0.3 is 5.32 Å². The fourth-order valence-electron chi connectivity index (χ4n) is 2.13. The molecule has 3 aromatic rings. The molecule has 0 bridgehead atoms. The summed E-state index contributed by atoms with van der Waals surface area (Å²) in [4.78, 5) is 12.0. The van der Waals surface area contributed by atoms with Crippen molar-refractivity contribution in [1.82, 2.24) is 24.6 Å². The van der Waals surface area contributed by atoms with Crippen LogP contribution in [0.5, 0.6) is 0 Å². The van der Waals surface area contributed by atoms with E-state index in [1.54, 1.807) is 6.07 Å². The maximum Gasteiger partial charge on any atom is 0.434 e. The smallest absolute Gasteiger partial charge is 0.361 e. The molecule has 0 fully saturated rings. The van der Waals surface area contributed by atoms with Crippen LogP contribution in [0.1, 0.15) is 35.8 Å². The van der Waals surface area contributed by atoms with Crippen LogP contribution in [0.3, 0.4) is 0 Å². The zero-order valence-electron chi connectivity index (χ0n) is 12.3. The van der Waals surface area contributed by atoms with E-state index in [1.165, 1.54) is 10.8 Å². The molecule has 3 aromatic heterocycles. The Morgan fingerprint density at radius 2 is 2.13 bits per heavy atom. The number of nitrogens with zero attached hydrogens (tertiary/aromatic N) is 5. The van der Waals surface area contributed by atoms with E-state index < -0.39 is 11.9 Å². The molecule has 0 spiro atoms. The average Bonchev–Trinajstić information content (AvgIpc) is 3.12. The number of halogens is 3. The highest BCUT2D eigenvalue weighted by Gasteiger charge is 2.34. The summed E-state index contributed by atoms with van der Waals surface area (Å²) in [7, 11) is 0. The lowest BCUT2D eigenvalue weighted by Crippen LogP contribution is -2.14. The van der Waals surface area contributed by atoms with Crippen molar-refractivity contribution in [3.63, 3.8) is 0 Å². The quantitative estimate of drug-likeness (QED) is 0.786. The van der Waals surface area contributed by atoms with Crippen LogP contribution in [0.25, 0.3) is 5.78 Å². The minimum Gasteiger partial charge on any atom is -0.361 e. The molecule has 3 rings (SSSR count). The lowest BCUT2D eigenvalue weighted by Gasteiger charge is -2.16. The third kappa shape index (κ3) is 3.11. The summed E-state index contributed by atoms with van der Waals surface area (Å²) in [5.74, 6) is 1.04. The molecule has 0 aromatic carbocycles. The molecule has 0 radical (unpaired) electrons. The van der Waals surface area contributed by atoms with Crippen LogP contribution in [-0.4, -0.2) is 24.6 Å². The van der Waals surface area contributed by atoms with Gasteiger partial charge in [-0.15, -0.1) is 11.3 Å². The number of thiazole rings is 1. The Hall–Kier alpha value is -2.23. The van der Waals surface area contributed by atoms with E-state index in [0.717, 1.165) is 22.4 Å². The van der Waals surface area contributed by atoms with Gasteiger partial charge in [0.25, 0.3) is 5.78 Å². The lowest BCUT2D eigenvalue weighted by atomic mass is 10.2. The maximum absolute atomic E-state index is 12.7. The summed E-state index contributed by atoms with van der Waals surface area (Å²) in [5.41, 5.74) is -0.132. The van der Waals surface area contributed by atoms with E-state index in [4.69, 9.17) is 0 Å². The topological polar surface area (TPSA) is 68.0 Å². The molecule has 6 nitrogen and oxygen atoms in total. The molecule has 0 unspecified atom stereocenters. The van der Waals surface area contributed by atoms with Gasteiger partial charge in [0.15, 0.2) is 5.69 Å². The Labute approximate surface area is 133 Å². The highest BCUT2D eigenvalue weighted by Crippen LogP contribution is 2.33. The fraction of sp³-hybridized carbons (Fsp3) is 0.385. The molecule has 0 aliphatic carbocycles. The summed E-state index contributed by atoms with van der Waals surface area (Å²) in [6, 6.07) is 1.41. The van der Waals surface area contributed by atoms with E-state index in [-0.39, 0.29) is 6.04 Å². The second-order valence-corrected chi connectivity index (χ2v) is 5.82. The number of aromatic nitrogens is 5. The van der Waals surface area contributed by atoms with Crippen molar-refractivity contribution in [2.24, 2.45) is 0 Å². The first kappa shape index (κ1) is 15.7. The average molecular weight is 342 g/mol. The first-order valence-electron chi connectivity index (χ1n) is 6.85. The normalized spacial score (nSPS) is 13.4. The monoisotopic (exact) mass is 342 g/mol. The van der Waals surface area contributed by atoms with Gasteiger partial charge in [0.05, 0.1) is 6.04 Å². The molecular weight excluding hydrogens is 329 g/mol. The zero-order chi connectivity index (χ0) is 16.6. The highest BCUT2D eigenvalue weighted by molar-refractivity contribution is 7.09. The minimum atomic E-state index is -4.43. The number of hydrogen-bond donors (Lipinski definition) is 1. The zero-order valence-corrected chi connectivity index (χ0v) is 13.1. The summed E-state index contributed by atoms with van der Waals surface area (Å²) < 4.78 is 39.6. The molecule has 1 atom stereocenters. The summed E-state index contributed by atoms with van der Waals surface area (Å²) in [5, 5.41) is 8.66. The van der Waals surface area contributed by atoms with Crippen molar-refractivity contribution < 1.29 is 13.2 Å². The van der Waals surface area contributed by atoms with E-state index in [2.05, 4.69) is 25.4 Å². The van der Waals surface area contributed by atoms with Gasteiger partial charge in [-0.3, -0.25) is 0 Å². The lowest BCUT2D eigenvalue weighted by molar-refractivity contribution is -0.140. The first-order chi connectivity index (χ1) is 10.9. The maximum atomic E-state index is 12.7. The van der Waals surface area contributed by atoms with Crippen molar-refractivity contribution in [2.75, 3.05) is 5.32 Å². The van der Waals surface area contributed by atoms with Crippen molar-refractivity contribution in [3.05, 3.63) is 34.2 Å². The largest absolute Gasteiger partial charge is 0.434 e. The Morgan fingerprint density at radius 1 is 1.35 bits per heavy atom. The minimum absolute atomic E-state index is 0.356. The molecule has 0 aliphatic heterocycles. The Bertz CT molecular complexity index is 825. The Kier molecular flexibility index (Phi) is 3.92. The molecule has 3 heterocycles. The highest BCUT2D eigenvalue weighted by atomic mass is 32.1. The second-order valence-electron chi connectivity index (χ2n) is 4.93. The van der Waals surface area contributed by atoms with Gasteiger partial charge in [-0.1, -0.05) is 6.92 Å². The third-order valence-electron chi connectivity index (χ3n) is 3.22. The van der Waals surface area contributed by atoms with Crippen molar-refractivity contribution >= 4 is 22.9 Å². The molecule has 0 saturated heterocycles. The van der Waals surface area contributed by atoms with Crippen LogP contribution in [0.2, 0.25) is 0 Å². The second kappa shape index (κ2) is 5.76. The van der Waals surface area contributed by atoms with Crippen LogP contribution >= 0.6 is 11.3 Å². The molecular formula is C13H13F3N6S. The van der Waals surface area contributed by atoms with Gasteiger partial charge in [0.2, 0.25) is 0 Å². The van der Waals surface area contributed by atoms with E-state index in [1.807, 2.05) is 13.8 Å². The van der Waals surface area contributed by atoms with Crippen molar-refractivity contribution in [1.29, 1.82) is 0 Å². The molecule has 1 N–H and O–H groups in total. The van der Waals surface area contributed by atoms with Gasteiger partial charge in [-0.25, -0.2) is 9.97 Å². The number of fused-ring (bicyclic) bond motifs is 1. The van der Waals surface area contributed by atoms with Crippen molar-refractivity contribution in [2.45, 2.75) is 32.5 Å². The number of nitrogens with one attached hydrogen (secondary N) is 1. The van der Waals surface area contributed by atoms with Gasteiger partial charge in [0.1, 0.15) is 17.2 Å². The summed E-state index contributed by atoms with van der Waals surface area (Å²) >= 11 is 0.985. The number of rotatable bonds is 4. The molecule has 0 saturated carbocycles. The number of anilines is 1. The van der Waals surface area contributed by atoms with Crippen LogP contribution in [0.4, 0.5) is 19.0 Å².